The fourth-order valence-electron chi connectivity index (χ4n) is 2.10. The highest BCUT2D eigenvalue weighted by atomic mass is 14.9. The van der Waals surface area contributed by atoms with Crippen LogP contribution in [0.2, 0.25) is 0 Å². The Balaban J connectivity index is 2.51. The molecule has 0 atom stereocenters. The normalized spacial score (nSPS) is 11.1. The Labute approximate surface area is 103 Å². The van der Waals surface area contributed by atoms with Crippen molar-refractivity contribution in [2.24, 2.45) is 0 Å². The number of hydrogen-bond acceptors (Lipinski definition) is 6. The summed E-state index contributed by atoms with van der Waals surface area (Å²) in [6.45, 7) is 0. The maximum Gasteiger partial charge on any atom is 0.133 e. The number of anilines is 4. The van der Waals surface area contributed by atoms with Crippen molar-refractivity contribution in [1.82, 2.24) is 9.97 Å². The molecule has 0 amide bonds. The van der Waals surface area contributed by atoms with E-state index < -0.39 is 0 Å². The average Bonchev–Trinajstić information content (AvgIpc) is 2.27. The summed E-state index contributed by atoms with van der Waals surface area (Å²) < 4.78 is 0. The van der Waals surface area contributed by atoms with Crippen LogP contribution in [0.25, 0.3) is 21.5 Å². The molecule has 90 valence electrons. The third kappa shape index (κ3) is 1.43. The third-order valence-corrected chi connectivity index (χ3v) is 2.88. The van der Waals surface area contributed by atoms with E-state index in [1.807, 2.05) is 12.1 Å². The van der Waals surface area contributed by atoms with Crippen molar-refractivity contribution in [3.8, 4) is 0 Å². The Kier molecular flexibility index (Phi) is 1.94. The molecule has 0 radical (unpaired) electrons. The van der Waals surface area contributed by atoms with E-state index in [-0.39, 0.29) is 0 Å². The number of nitrogens with two attached hydrogens (primary N) is 4. The predicted octanol–water partition coefficient (Wildman–Crippen LogP) is 1.11. The van der Waals surface area contributed by atoms with Gasteiger partial charge in [0.1, 0.15) is 23.3 Å². The summed E-state index contributed by atoms with van der Waals surface area (Å²) in [7, 11) is 0. The second-order valence-corrected chi connectivity index (χ2v) is 4.16. The Hall–Kier alpha value is -2.76. The number of hydrogen-bond donors (Lipinski definition) is 4. The molecule has 0 unspecified atom stereocenters. The number of benzene rings is 1. The van der Waals surface area contributed by atoms with Crippen LogP contribution in [0.15, 0.2) is 24.3 Å². The van der Waals surface area contributed by atoms with E-state index in [2.05, 4.69) is 9.97 Å². The second-order valence-electron chi connectivity index (χ2n) is 4.16. The Bertz CT molecular complexity index is 713. The summed E-state index contributed by atoms with van der Waals surface area (Å²) in [6, 6.07) is 7.28. The first kappa shape index (κ1) is 10.4. The van der Waals surface area contributed by atoms with E-state index in [4.69, 9.17) is 22.9 Å². The van der Waals surface area contributed by atoms with Crippen LogP contribution in [0.5, 0.6) is 0 Å². The molecule has 3 aromatic rings. The molecule has 1 aromatic carbocycles. The van der Waals surface area contributed by atoms with Gasteiger partial charge in [-0.2, -0.15) is 0 Å². The SMILES string of the molecule is Nc1cc2cc3c(N)nc(N)cc3cc2c(N)n1. The van der Waals surface area contributed by atoms with Gasteiger partial charge in [0.05, 0.1) is 0 Å². The standard InChI is InChI=1S/C12H12N6/c13-9-3-5-1-7-6(2-8(5)12(16)18-9)4-10(14)17-11(7)15/h1-4H,(H4,14,15,17)(H4,13,16,18). The zero-order valence-corrected chi connectivity index (χ0v) is 9.51. The van der Waals surface area contributed by atoms with Crippen LogP contribution in [0.1, 0.15) is 0 Å². The molecule has 8 N–H and O–H groups in total. The van der Waals surface area contributed by atoms with Gasteiger partial charge in [0.25, 0.3) is 0 Å². The van der Waals surface area contributed by atoms with E-state index in [1.165, 1.54) is 0 Å². The first-order valence-electron chi connectivity index (χ1n) is 5.36. The van der Waals surface area contributed by atoms with E-state index >= 15 is 0 Å². The highest BCUT2D eigenvalue weighted by Gasteiger charge is 2.07. The summed E-state index contributed by atoms with van der Waals surface area (Å²) in [5.74, 6) is 1.53. The highest BCUT2D eigenvalue weighted by molar-refractivity contribution is 6.06. The molecule has 6 heteroatoms. The molecule has 2 aromatic heterocycles. The quantitative estimate of drug-likeness (QED) is 0.435. The third-order valence-electron chi connectivity index (χ3n) is 2.88. The topological polar surface area (TPSA) is 130 Å². The van der Waals surface area contributed by atoms with Crippen molar-refractivity contribution in [2.75, 3.05) is 22.9 Å². The number of rotatable bonds is 0. The van der Waals surface area contributed by atoms with Crippen LogP contribution in [0, 0.1) is 0 Å². The molecule has 0 saturated carbocycles. The molecule has 0 spiro atoms. The second kappa shape index (κ2) is 3.36. The van der Waals surface area contributed by atoms with E-state index in [1.54, 1.807) is 12.1 Å². The minimum atomic E-state index is 0.376. The zero-order valence-electron chi connectivity index (χ0n) is 9.51. The summed E-state index contributed by atoms with van der Waals surface area (Å²) >= 11 is 0. The summed E-state index contributed by atoms with van der Waals surface area (Å²) in [5.41, 5.74) is 23.1. The van der Waals surface area contributed by atoms with Gasteiger partial charge >= 0.3 is 0 Å². The van der Waals surface area contributed by atoms with Gasteiger partial charge in [-0.15, -0.1) is 0 Å². The van der Waals surface area contributed by atoms with Gasteiger partial charge < -0.3 is 22.9 Å². The minimum Gasteiger partial charge on any atom is -0.384 e. The van der Waals surface area contributed by atoms with Crippen LogP contribution in [-0.2, 0) is 0 Å². The molecule has 0 aliphatic carbocycles. The van der Waals surface area contributed by atoms with Gasteiger partial charge in [-0.05, 0) is 35.0 Å². The molecular weight excluding hydrogens is 228 g/mol. The molecule has 0 saturated heterocycles. The van der Waals surface area contributed by atoms with Crippen LogP contribution < -0.4 is 22.9 Å². The molecule has 3 rings (SSSR count). The number of pyridine rings is 2. The lowest BCUT2D eigenvalue weighted by atomic mass is 10.1. The summed E-state index contributed by atoms with van der Waals surface area (Å²) in [5, 5.41) is 3.40. The lowest BCUT2D eigenvalue weighted by molar-refractivity contribution is 1.37. The molecule has 2 heterocycles. The monoisotopic (exact) mass is 240 g/mol. The Morgan fingerprint density at radius 2 is 1.00 bits per heavy atom. The number of fused-ring (bicyclic) bond motifs is 2. The van der Waals surface area contributed by atoms with Crippen LogP contribution >= 0.6 is 0 Å². The molecule has 0 aliphatic rings. The highest BCUT2D eigenvalue weighted by Crippen LogP contribution is 2.30. The van der Waals surface area contributed by atoms with E-state index in [0.717, 1.165) is 21.5 Å². The molecule has 0 aliphatic heterocycles. The smallest absolute Gasteiger partial charge is 0.133 e. The Morgan fingerprint density at radius 3 is 1.39 bits per heavy atom. The largest absolute Gasteiger partial charge is 0.384 e. The van der Waals surface area contributed by atoms with Crippen LogP contribution in [-0.4, -0.2) is 9.97 Å². The van der Waals surface area contributed by atoms with Crippen LogP contribution in [0.4, 0.5) is 23.3 Å². The fraction of sp³-hybridized carbons (Fsp3) is 0. The van der Waals surface area contributed by atoms with Crippen molar-refractivity contribution < 1.29 is 0 Å². The lowest BCUT2D eigenvalue weighted by Crippen LogP contribution is -1.99. The average molecular weight is 240 g/mol. The predicted molar refractivity (Wildman–Crippen MR) is 74.7 cm³/mol. The fourth-order valence-corrected chi connectivity index (χ4v) is 2.10. The van der Waals surface area contributed by atoms with Crippen molar-refractivity contribution >= 4 is 44.8 Å². The van der Waals surface area contributed by atoms with E-state index in [0.29, 0.717) is 23.3 Å². The van der Waals surface area contributed by atoms with Crippen molar-refractivity contribution in [1.29, 1.82) is 0 Å². The maximum absolute atomic E-state index is 5.85. The zero-order chi connectivity index (χ0) is 12.9. The lowest BCUT2D eigenvalue weighted by Gasteiger charge is -2.08. The first-order valence-corrected chi connectivity index (χ1v) is 5.36. The van der Waals surface area contributed by atoms with Crippen molar-refractivity contribution in [3.63, 3.8) is 0 Å². The van der Waals surface area contributed by atoms with Crippen molar-refractivity contribution in [3.05, 3.63) is 24.3 Å². The molecule has 0 bridgehead atoms. The van der Waals surface area contributed by atoms with Crippen LogP contribution in [0.3, 0.4) is 0 Å². The number of aromatic nitrogens is 2. The van der Waals surface area contributed by atoms with Gasteiger partial charge in [0, 0.05) is 10.8 Å². The molecule has 6 nitrogen and oxygen atoms in total. The molecular formula is C12H12N6. The first-order chi connectivity index (χ1) is 8.54. The maximum atomic E-state index is 5.85. The van der Waals surface area contributed by atoms with Gasteiger partial charge in [0.2, 0.25) is 0 Å². The minimum absolute atomic E-state index is 0.376. The van der Waals surface area contributed by atoms with E-state index in [9.17, 15) is 0 Å². The summed E-state index contributed by atoms with van der Waals surface area (Å²) in [6.07, 6.45) is 0. The van der Waals surface area contributed by atoms with Gasteiger partial charge in [-0.1, -0.05) is 0 Å². The van der Waals surface area contributed by atoms with Gasteiger partial charge in [-0.3, -0.25) is 0 Å². The van der Waals surface area contributed by atoms with Gasteiger partial charge in [-0.25, -0.2) is 9.97 Å². The number of nitrogens with zero attached hydrogens (tertiary/aromatic N) is 2. The van der Waals surface area contributed by atoms with Crippen molar-refractivity contribution in [2.45, 2.75) is 0 Å². The molecule has 0 fully saturated rings. The Morgan fingerprint density at radius 1 is 0.611 bits per heavy atom. The number of nitrogen functional groups attached to an aromatic ring is 4. The van der Waals surface area contributed by atoms with Gasteiger partial charge in [0.15, 0.2) is 0 Å². The molecule has 18 heavy (non-hydrogen) atoms. The summed E-state index contributed by atoms with van der Waals surface area (Å²) in [4.78, 5) is 8.06.